The number of anilines is 3. The van der Waals surface area contributed by atoms with Crippen molar-refractivity contribution in [2.75, 3.05) is 4.90 Å². The second kappa shape index (κ2) is 13.5. The van der Waals surface area contributed by atoms with Crippen molar-refractivity contribution in [1.82, 2.24) is 4.57 Å². The highest BCUT2D eigenvalue weighted by molar-refractivity contribution is 6.16. The molecular formula is C60H46N2. The van der Waals surface area contributed by atoms with Crippen LogP contribution in [0.2, 0.25) is 0 Å². The molecule has 296 valence electrons. The van der Waals surface area contributed by atoms with Gasteiger partial charge in [0.2, 0.25) is 0 Å². The van der Waals surface area contributed by atoms with Crippen molar-refractivity contribution < 1.29 is 0 Å². The van der Waals surface area contributed by atoms with Crippen LogP contribution in [0, 0.1) is 0 Å². The zero-order valence-electron chi connectivity index (χ0n) is 35.5. The van der Waals surface area contributed by atoms with Gasteiger partial charge in [0.1, 0.15) is 0 Å². The highest BCUT2D eigenvalue weighted by atomic mass is 15.1. The molecule has 62 heavy (non-hydrogen) atoms. The first-order chi connectivity index (χ1) is 30.3. The second-order valence-electron chi connectivity index (χ2n) is 18.1. The van der Waals surface area contributed by atoms with Crippen LogP contribution in [0.4, 0.5) is 17.1 Å². The van der Waals surface area contributed by atoms with Crippen LogP contribution in [0.3, 0.4) is 0 Å². The Morgan fingerprint density at radius 1 is 0.371 bits per heavy atom. The molecular weight excluding hydrogens is 749 g/mol. The van der Waals surface area contributed by atoms with E-state index in [2.05, 4.69) is 243 Å². The smallest absolute Gasteiger partial charge is 0.0547 e. The number of rotatable bonds is 6. The number of hydrogen-bond donors (Lipinski definition) is 0. The predicted octanol–water partition coefficient (Wildman–Crippen LogP) is 16.2. The Labute approximate surface area is 364 Å². The molecule has 0 spiro atoms. The van der Waals surface area contributed by atoms with Gasteiger partial charge in [-0.15, -0.1) is 0 Å². The normalized spacial score (nSPS) is 14.1. The monoisotopic (exact) mass is 794 g/mol. The molecule has 0 radical (unpaired) electrons. The van der Waals surface area contributed by atoms with E-state index in [1.807, 2.05) is 0 Å². The van der Waals surface area contributed by atoms with Crippen molar-refractivity contribution in [3.63, 3.8) is 0 Å². The van der Waals surface area contributed by atoms with Crippen LogP contribution in [0.5, 0.6) is 0 Å². The largest absolute Gasteiger partial charge is 0.309 e. The molecule has 1 aromatic heterocycles. The predicted molar refractivity (Wildman–Crippen MR) is 261 cm³/mol. The third kappa shape index (κ3) is 5.23. The van der Waals surface area contributed by atoms with Gasteiger partial charge in [-0.05, 0) is 110 Å². The molecule has 2 nitrogen and oxygen atoms in total. The highest BCUT2D eigenvalue weighted by Gasteiger charge is 2.39. The summed E-state index contributed by atoms with van der Waals surface area (Å²) in [5, 5.41) is 2.52. The molecule has 12 rings (SSSR count). The SMILES string of the molecule is CC1(C)c2ccccc2-c2ccc(-c3ccccc3N(c3ccc(-c4cccc5c4c4ccccc4n5-c4ccccc4)cc3)c3cccc4c3-c3ccccc3C4(C)C)cc21. The minimum Gasteiger partial charge on any atom is -0.309 e. The van der Waals surface area contributed by atoms with E-state index in [-0.39, 0.29) is 10.8 Å². The number of aromatic nitrogens is 1. The van der Waals surface area contributed by atoms with Gasteiger partial charge in [0.25, 0.3) is 0 Å². The van der Waals surface area contributed by atoms with E-state index in [0.717, 1.165) is 17.1 Å². The number of hydrogen-bond acceptors (Lipinski definition) is 1. The van der Waals surface area contributed by atoms with Crippen molar-refractivity contribution in [2.45, 2.75) is 38.5 Å². The van der Waals surface area contributed by atoms with Crippen LogP contribution < -0.4 is 4.90 Å². The third-order valence-corrected chi connectivity index (χ3v) is 14.0. The molecule has 1 heterocycles. The van der Waals surface area contributed by atoms with Gasteiger partial charge in [-0.25, -0.2) is 0 Å². The summed E-state index contributed by atoms with van der Waals surface area (Å²) in [4.78, 5) is 2.52. The second-order valence-corrected chi connectivity index (χ2v) is 18.1. The molecule has 0 aliphatic heterocycles. The van der Waals surface area contributed by atoms with Gasteiger partial charge in [-0.3, -0.25) is 0 Å². The lowest BCUT2D eigenvalue weighted by Gasteiger charge is -2.31. The third-order valence-electron chi connectivity index (χ3n) is 14.0. The van der Waals surface area contributed by atoms with E-state index < -0.39 is 0 Å². The molecule has 2 heteroatoms. The van der Waals surface area contributed by atoms with E-state index in [9.17, 15) is 0 Å². The fourth-order valence-corrected chi connectivity index (χ4v) is 11.0. The van der Waals surface area contributed by atoms with Crippen molar-refractivity contribution in [3.05, 3.63) is 229 Å². The maximum atomic E-state index is 2.52. The standard InChI is InChI=1S/C60H46N2/c1-59(2)50-26-13-9-22-47(50)58-51(59)27-17-31-56(58)62(53-28-14-10-20-43(53)40-34-37-46-45-21-8-12-25-49(45)60(3,4)52(46)38-40)42-35-32-39(33-36-42)44-24-16-30-55-57(44)48-23-11-15-29-54(48)61(55)41-18-6-5-7-19-41/h5-38H,1-4H3. The molecule has 0 amide bonds. The first kappa shape index (κ1) is 36.4. The lowest BCUT2D eigenvalue weighted by Crippen LogP contribution is -2.16. The van der Waals surface area contributed by atoms with Crippen molar-refractivity contribution >= 4 is 38.9 Å². The summed E-state index contributed by atoms with van der Waals surface area (Å²) in [6.45, 7) is 9.48. The van der Waals surface area contributed by atoms with E-state index >= 15 is 0 Å². The molecule has 9 aromatic carbocycles. The Bertz CT molecular complexity index is 3400. The zero-order chi connectivity index (χ0) is 41.7. The van der Waals surface area contributed by atoms with Crippen molar-refractivity contribution in [3.8, 4) is 50.2 Å². The molecule has 0 saturated heterocycles. The van der Waals surface area contributed by atoms with Crippen LogP contribution in [0.25, 0.3) is 72.0 Å². The quantitative estimate of drug-likeness (QED) is 0.163. The summed E-state index contributed by atoms with van der Waals surface area (Å²) < 4.78 is 2.40. The molecule has 0 unspecified atom stereocenters. The van der Waals surface area contributed by atoms with Gasteiger partial charge in [-0.2, -0.15) is 0 Å². The molecule has 0 atom stereocenters. The molecule has 0 saturated carbocycles. The Kier molecular flexibility index (Phi) is 7.96. The van der Waals surface area contributed by atoms with E-state index in [0.29, 0.717) is 0 Å². The van der Waals surface area contributed by atoms with Gasteiger partial charge >= 0.3 is 0 Å². The number of para-hydroxylation sites is 3. The van der Waals surface area contributed by atoms with Crippen LogP contribution >= 0.6 is 0 Å². The summed E-state index contributed by atoms with van der Waals surface area (Å²) in [6, 6.07) is 76.5. The molecule has 2 aliphatic carbocycles. The Morgan fingerprint density at radius 3 is 1.73 bits per heavy atom. The maximum absolute atomic E-state index is 2.52. The minimum absolute atomic E-state index is 0.0990. The van der Waals surface area contributed by atoms with Crippen molar-refractivity contribution in [1.29, 1.82) is 0 Å². The van der Waals surface area contributed by atoms with E-state index in [4.69, 9.17) is 0 Å². The number of fused-ring (bicyclic) bond motifs is 9. The van der Waals surface area contributed by atoms with Gasteiger partial charge in [-0.1, -0.05) is 179 Å². The molecule has 10 aromatic rings. The first-order valence-corrected chi connectivity index (χ1v) is 21.9. The average Bonchev–Trinajstić information content (AvgIpc) is 3.87. The van der Waals surface area contributed by atoms with Crippen LogP contribution in [-0.2, 0) is 10.8 Å². The van der Waals surface area contributed by atoms with Gasteiger partial charge in [0.05, 0.1) is 22.4 Å². The van der Waals surface area contributed by atoms with Crippen LogP contribution in [-0.4, -0.2) is 4.57 Å². The first-order valence-electron chi connectivity index (χ1n) is 21.9. The summed E-state index contributed by atoms with van der Waals surface area (Å²) in [5.74, 6) is 0. The average molecular weight is 795 g/mol. The topological polar surface area (TPSA) is 8.17 Å². The summed E-state index contributed by atoms with van der Waals surface area (Å²) in [5.41, 5.74) is 22.4. The zero-order valence-corrected chi connectivity index (χ0v) is 35.5. The maximum Gasteiger partial charge on any atom is 0.0547 e. The van der Waals surface area contributed by atoms with E-state index in [1.165, 1.54) is 94.3 Å². The Balaban J connectivity index is 1.06. The highest BCUT2D eigenvalue weighted by Crippen LogP contribution is 2.56. The summed E-state index contributed by atoms with van der Waals surface area (Å²) in [6.07, 6.45) is 0. The summed E-state index contributed by atoms with van der Waals surface area (Å²) in [7, 11) is 0. The molecule has 0 bridgehead atoms. The van der Waals surface area contributed by atoms with Crippen LogP contribution in [0.15, 0.2) is 206 Å². The number of benzene rings is 9. The number of nitrogens with zero attached hydrogens (tertiary/aromatic N) is 2. The lowest BCUT2D eigenvalue weighted by atomic mass is 9.81. The molecule has 2 aliphatic rings. The lowest BCUT2D eigenvalue weighted by molar-refractivity contribution is 0.660. The van der Waals surface area contributed by atoms with Gasteiger partial charge in [0, 0.05) is 44.1 Å². The van der Waals surface area contributed by atoms with Gasteiger partial charge < -0.3 is 9.47 Å². The van der Waals surface area contributed by atoms with Crippen LogP contribution in [0.1, 0.15) is 49.9 Å². The fourth-order valence-electron chi connectivity index (χ4n) is 11.0. The molecule has 0 fully saturated rings. The summed E-state index contributed by atoms with van der Waals surface area (Å²) >= 11 is 0. The van der Waals surface area contributed by atoms with E-state index in [1.54, 1.807) is 0 Å². The Morgan fingerprint density at radius 2 is 0.919 bits per heavy atom. The molecule has 0 N–H and O–H groups in total. The van der Waals surface area contributed by atoms with Crippen molar-refractivity contribution in [2.24, 2.45) is 0 Å². The minimum atomic E-state index is -0.130. The fraction of sp³-hybridized carbons (Fsp3) is 0.100. The van der Waals surface area contributed by atoms with Gasteiger partial charge in [0.15, 0.2) is 0 Å². The Hall–Kier alpha value is -7.42.